The first-order chi connectivity index (χ1) is 12.3. The molecule has 136 valence electrons. The molecule has 26 heavy (non-hydrogen) atoms. The summed E-state index contributed by atoms with van der Waals surface area (Å²) in [6.45, 7) is 4.54. The summed E-state index contributed by atoms with van der Waals surface area (Å²) in [6, 6.07) is 7.10. The van der Waals surface area contributed by atoms with E-state index >= 15 is 0 Å². The number of carbonyl (C=O) groups is 1. The van der Waals surface area contributed by atoms with Crippen molar-refractivity contribution in [3.05, 3.63) is 41.1 Å². The quantitative estimate of drug-likeness (QED) is 0.689. The minimum Gasteiger partial charge on any atom is -0.360 e. The molecule has 0 atom stereocenters. The van der Waals surface area contributed by atoms with Gasteiger partial charge >= 0.3 is 0 Å². The summed E-state index contributed by atoms with van der Waals surface area (Å²) in [6.07, 6.45) is 0. The molecule has 0 unspecified atom stereocenters. The monoisotopic (exact) mass is 392 g/mol. The van der Waals surface area contributed by atoms with Crippen LogP contribution in [0, 0.1) is 13.8 Å². The Morgan fingerprint density at radius 3 is 2.46 bits per heavy atom. The van der Waals surface area contributed by atoms with E-state index in [0.29, 0.717) is 17.1 Å². The van der Waals surface area contributed by atoms with Crippen LogP contribution in [0.3, 0.4) is 0 Å². The van der Waals surface area contributed by atoms with Crippen molar-refractivity contribution in [2.24, 2.45) is 0 Å². The first kappa shape index (κ1) is 18.1. The number of anilines is 2. The van der Waals surface area contributed by atoms with Crippen molar-refractivity contribution < 1.29 is 17.7 Å². The van der Waals surface area contributed by atoms with Crippen molar-refractivity contribution in [3.8, 4) is 11.3 Å². The van der Waals surface area contributed by atoms with Gasteiger partial charge in [-0.25, -0.2) is 13.4 Å². The van der Waals surface area contributed by atoms with Crippen molar-refractivity contribution in [3.63, 3.8) is 0 Å². The smallest absolute Gasteiger partial charge is 0.269 e. The standard InChI is InChI=1S/C16H16N4O4S2/c1-9-15(10(2)24-19-9)26(22,23)20-16-18-14(8-25-16)12-4-6-13(7-5-12)17-11(3)21/h4-8H,1-3H3,(H,17,21)(H,18,20). The number of aryl methyl sites for hydroxylation is 2. The molecular weight excluding hydrogens is 376 g/mol. The molecule has 0 aliphatic heterocycles. The molecule has 2 N–H and O–H groups in total. The summed E-state index contributed by atoms with van der Waals surface area (Å²) in [4.78, 5) is 15.4. The third-order valence-electron chi connectivity index (χ3n) is 3.46. The maximum absolute atomic E-state index is 12.5. The lowest BCUT2D eigenvalue weighted by Crippen LogP contribution is -2.14. The SMILES string of the molecule is CC(=O)Nc1ccc(-c2csc(NS(=O)(=O)c3c(C)noc3C)n2)cc1. The van der Waals surface area contributed by atoms with Crippen molar-refractivity contribution in [1.82, 2.24) is 10.1 Å². The lowest BCUT2D eigenvalue weighted by atomic mass is 10.1. The molecule has 0 saturated carbocycles. The van der Waals surface area contributed by atoms with Crippen LogP contribution in [0.2, 0.25) is 0 Å². The van der Waals surface area contributed by atoms with Gasteiger partial charge in [0.2, 0.25) is 5.91 Å². The van der Waals surface area contributed by atoms with Gasteiger partial charge in [-0.1, -0.05) is 17.3 Å². The Bertz CT molecular complexity index is 1030. The molecule has 0 bridgehead atoms. The highest BCUT2D eigenvalue weighted by Gasteiger charge is 2.25. The van der Waals surface area contributed by atoms with Gasteiger partial charge in [0.1, 0.15) is 5.69 Å². The molecule has 10 heteroatoms. The van der Waals surface area contributed by atoms with E-state index in [1.54, 1.807) is 43.5 Å². The number of rotatable bonds is 5. The predicted molar refractivity (Wildman–Crippen MR) is 98.6 cm³/mol. The number of thiazole rings is 1. The van der Waals surface area contributed by atoms with E-state index in [-0.39, 0.29) is 21.7 Å². The maximum Gasteiger partial charge on any atom is 0.269 e. The average molecular weight is 392 g/mol. The van der Waals surface area contributed by atoms with E-state index in [4.69, 9.17) is 4.52 Å². The molecule has 0 spiro atoms. The minimum atomic E-state index is -3.83. The lowest BCUT2D eigenvalue weighted by Gasteiger charge is -2.04. The predicted octanol–water partition coefficient (Wildman–Crippen LogP) is 3.17. The first-order valence-corrected chi connectivity index (χ1v) is 9.92. The Morgan fingerprint density at radius 2 is 1.88 bits per heavy atom. The Balaban J connectivity index is 1.81. The Morgan fingerprint density at radius 1 is 1.19 bits per heavy atom. The first-order valence-electron chi connectivity index (χ1n) is 7.55. The van der Waals surface area contributed by atoms with Gasteiger partial charge in [-0.05, 0) is 26.0 Å². The number of sulfonamides is 1. The van der Waals surface area contributed by atoms with Gasteiger partial charge in [0.15, 0.2) is 15.8 Å². The summed E-state index contributed by atoms with van der Waals surface area (Å²) in [7, 11) is -3.83. The van der Waals surface area contributed by atoms with E-state index in [1.165, 1.54) is 18.3 Å². The van der Waals surface area contributed by atoms with Gasteiger partial charge in [-0.3, -0.25) is 9.52 Å². The molecule has 0 aliphatic carbocycles. The number of hydrogen-bond acceptors (Lipinski definition) is 7. The highest BCUT2D eigenvalue weighted by atomic mass is 32.2. The van der Waals surface area contributed by atoms with Crippen LogP contribution in [0.15, 0.2) is 39.1 Å². The van der Waals surface area contributed by atoms with Gasteiger partial charge in [0, 0.05) is 23.6 Å². The molecule has 2 heterocycles. The molecule has 0 radical (unpaired) electrons. The minimum absolute atomic E-state index is 0.0221. The van der Waals surface area contributed by atoms with Crippen molar-refractivity contribution in [1.29, 1.82) is 0 Å². The Kier molecular flexibility index (Phi) is 4.79. The maximum atomic E-state index is 12.5. The zero-order valence-electron chi connectivity index (χ0n) is 14.2. The summed E-state index contributed by atoms with van der Waals surface area (Å²) >= 11 is 1.17. The van der Waals surface area contributed by atoms with Gasteiger partial charge in [-0.15, -0.1) is 11.3 Å². The molecule has 0 saturated heterocycles. The fraction of sp³-hybridized carbons (Fsp3) is 0.188. The van der Waals surface area contributed by atoms with E-state index < -0.39 is 10.0 Å². The fourth-order valence-electron chi connectivity index (χ4n) is 2.41. The zero-order chi connectivity index (χ0) is 18.9. The largest absolute Gasteiger partial charge is 0.360 e. The van der Waals surface area contributed by atoms with Crippen LogP contribution >= 0.6 is 11.3 Å². The molecular formula is C16H16N4O4S2. The van der Waals surface area contributed by atoms with E-state index in [0.717, 1.165) is 5.56 Å². The van der Waals surface area contributed by atoms with Crippen LogP contribution in [-0.2, 0) is 14.8 Å². The number of benzene rings is 1. The van der Waals surface area contributed by atoms with Gasteiger partial charge in [0.05, 0.1) is 5.69 Å². The summed E-state index contributed by atoms with van der Waals surface area (Å²) in [5.41, 5.74) is 2.40. The third-order valence-corrected chi connectivity index (χ3v) is 5.93. The second-order valence-electron chi connectivity index (χ2n) is 5.56. The number of aromatic nitrogens is 2. The lowest BCUT2D eigenvalue weighted by molar-refractivity contribution is -0.114. The van der Waals surface area contributed by atoms with Crippen molar-refractivity contribution in [2.75, 3.05) is 10.0 Å². The van der Waals surface area contributed by atoms with Crippen LogP contribution in [-0.4, -0.2) is 24.5 Å². The zero-order valence-corrected chi connectivity index (χ0v) is 15.9. The van der Waals surface area contributed by atoms with Crippen LogP contribution in [0.1, 0.15) is 18.4 Å². The average Bonchev–Trinajstić information content (AvgIpc) is 3.14. The van der Waals surface area contributed by atoms with Crippen LogP contribution in [0.4, 0.5) is 10.8 Å². The second kappa shape index (κ2) is 6.89. The second-order valence-corrected chi connectivity index (χ2v) is 8.03. The highest BCUT2D eigenvalue weighted by Crippen LogP contribution is 2.28. The Labute approximate surface area is 154 Å². The van der Waals surface area contributed by atoms with Crippen molar-refractivity contribution >= 4 is 38.1 Å². The molecule has 1 aromatic carbocycles. The molecule has 2 aromatic heterocycles. The van der Waals surface area contributed by atoms with Crippen LogP contribution in [0.5, 0.6) is 0 Å². The molecule has 1 amide bonds. The fourth-order valence-corrected chi connectivity index (χ4v) is 4.71. The summed E-state index contributed by atoms with van der Waals surface area (Å²) in [5.74, 6) is 0.0720. The van der Waals surface area contributed by atoms with Gasteiger partial charge < -0.3 is 9.84 Å². The summed E-state index contributed by atoms with van der Waals surface area (Å²) < 4.78 is 32.4. The van der Waals surface area contributed by atoms with E-state index in [1.807, 2.05) is 0 Å². The van der Waals surface area contributed by atoms with E-state index in [9.17, 15) is 13.2 Å². The topological polar surface area (TPSA) is 114 Å². The van der Waals surface area contributed by atoms with Crippen LogP contribution in [0.25, 0.3) is 11.3 Å². The van der Waals surface area contributed by atoms with E-state index in [2.05, 4.69) is 20.2 Å². The summed E-state index contributed by atoms with van der Waals surface area (Å²) in [5, 5.41) is 8.34. The van der Waals surface area contributed by atoms with Crippen LogP contribution < -0.4 is 10.0 Å². The molecule has 3 aromatic rings. The number of carbonyl (C=O) groups excluding carboxylic acids is 1. The number of nitrogens with one attached hydrogen (secondary N) is 2. The molecule has 8 nitrogen and oxygen atoms in total. The number of amides is 1. The molecule has 0 aliphatic rings. The highest BCUT2D eigenvalue weighted by molar-refractivity contribution is 7.93. The molecule has 0 fully saturated rings. The third kappa shape index (κ3) is 3.75. The number of hydrogen-bond donors (Lipinski definition) is 2. The normalized spacial score (nSPS) is 11.3. The van der Waals surface area contributed by atoms with Gasteiger partial charge in [-0.2, -0.15) is 0 Å². The Hall–Kier alpha value is -2.72. The number of nitrogens with zero attached hydrogens (tertiary/aromatic N) is 2. The van der Waals surface area contributed by atoms with Crippen molar-refractivity contribution in [2.45, 2.75) is 25.7 Å². The molecule has 3 rings (SSSR count). The van der Waals surface area contributed by atoms with Gasteiger partial charge in [0.25, 0.3) is 10.0 Å².